The van der Waals surface area contributed by atoms with Crippen LogP contribution in [0.25, 0.3) is 0 Å². The molecule has 1 atom stereocenters. The standard InChI is InChI=1S/C17H29N3O2S/c1-12(9-17(3,4)22)18-16(21)14-5-7-20(8-6-14)10-15-11-23-13(2)19-15/h11-12,14,22H,5-10H2,1-4H3,(H,18,21). The largest absolute Gasteiger partial charge is 0.390 e. The average Bonchev–Trinajstić information content (AvgIpc) is 2.82. The summed E-state index contributed by atoms with van der Waals surface area (Å²) in [6.45, 7) is 10.3. The SMILES string of the molecule is Cc1nc(CN2CCC(C(=O)NC(C)CC(C)(C)O)CC2)cs1. The van der Waals surface area contributed by atoms with E-state index in [1.807, 2.05) is 13.8 Å². The van der Waals surface area contributed by atoms with Gasteiger partial charge in [0.25, 0.3) is 0 Å². The normalized spacial score (nSPS) is 18.8. The fourth-order valence-electron chi connectivity index (χ4n) is 3.22. The summed E-state index contributed by atoms with van der Waals surface area (Å²) in [6.07, 6.45) is 2.36. The highest BCUT2D eigenvalue weighted by molar-refractivity contribution is 7.09. The predicted octanol–water partition coefficient (Wildman–Crippen LogP) is 2.33. The summed E-state index contributed by atoms with van der Waals surface area (Å²) in [6, 6.07) is -0.00138. The summed E-state index contributed by atoms with van der Waals surface area (Å²) < 4.78 is 0. The zero-order valence-electron chi connectivity index (χ0n) is 14.6. The highest BCUT2D eigenvalue weighted by atomic mass is 32.1. The third kappa shape index (κ3) is 6.20. The molecule has 2 N–H and O–H groups in total. The summed E-state index contributed by atoms with van der Waals surface area (Å²) >= 11 is 1.69. The van der Waals surface area contributed by atoms with E-state index < -0.39 is 5.60 Å². The van der Waals surface area contributed by atoms with Crippen LogP contribution in [0, 0.1) is 12.8 Å². The van der Waals surface area contributed by atoms with Gasteiger partial charge in [-0.1, -0.05) is 0 Å². The molecular weight excluding hydrogens is 310 g/mol. The molecule has 1 aliphatic rings. The van der Waals surface area contributed by atoms with E-state index in [0.717, 1.165) is 43.2 Å². The Bertz CT molecular complexity index is 516. The van der Waals surface area contributed by atoms with Crippen molar-refractivity contribution in [3.8, 4) is 0 Å². The minimum Gasteiger partial charge on any atom is -0.390 e. The Labute approximate surface area is 143 Å². The maximum absolute atomic E-state index is 12.3. The molecule has 1 amide bonds. The van der Waals surface area contributed by atoms with Gasteiger partial charge in [0, 0.05) is 23.9 Å². The summed E-state index contributed by atoms with van der Waals surface area (Å²) in [7, 11) is 0. The molecule has 2 rings (SSSR count). The van der Waals surface area contributed by atoms with Gasteiger partial charge in [-0.15, -0.1) is 11.3 Å². The number of piperidine rings is 1. The molecule has 0 radical (unpaired) electrons. The number of nitrogens with zero attached hydrogens (tertiary/aromatic N) is 2. The van der Waals surface area contributed by atoms with Gasteiger partial charge in [0.05, 0.1) is 16.3 Å². The number of rotatable bonds is 6. The molecule has 1 unspecified atom stereocenters. The third-order valence-electron chi connectivity index (χ3n) is 4.20. The Balaban J connectivity index is 1.74. The maximum atomic E-state index is 12.3. The molecule has 0 aliphatic carbocycles. The zero-order valence-corrected chi connectivity index (χ0v) is 15.4. The lowest BCUT2D eigenvalue weighted by Gasteiger charge is -2.32. The Morgan fingerprint density at radius 1 is 1.52 bits per heavy atom. The van der Waals surface area contributed by atoms with Crippen LogP contribution < -0.4 is 5.32 Å². The van der Waals surface area contributed by atoms with Gasteiger partial charge in [-0.2, -0.15) is 0 Å². The van der Waals surface area contributed by atoms with Crippen LogP contribution >= 0.6 is 11.3 Å². The van der Waals surface area contributed by atoms with Gasteiger partial charge in [0.2, 0.25) is 5.91 Å². The van der Waals surface area contributed by atoms with Crippen molar-refractivity contribution in [1.29, 1.82) is 0 Å². The molecule has 0 saturated carbocycles. The Hall–Kier alpha value is -0.980. The molecule has 130 valence electrons. The van der Waals surface area contributed by atoms with E-state index in [1.54, 1.807) is 25.2 Å². The van der Waals surface area contributed by atoms with Crippen LogP contribution in [0.1, 0.15) is 50.7 Å². The fraction of sp³-hybridized carbons (Fsp3) is 0.765. The van der Waals surface area contributed by atoms with Crippen molar-refractivity contribution in [3.63, 3.8) is 0 Å². The van der Waals surface area contributed by atoms with Crippen molar-refractivity contribution in [2.24, 2.45) is 5.92 Å². The van der Waals surface area contributed by atoms with Crippen molar-refractivity contribution in [3.05, 3.63) is 16.1 Å². The van der Waals surface area contributed by atoms with Crippen LogP contribution in [0.2, 0.25) is 0 Å². The molecule has 23 heavy (non-hydrogen) atoms. The van der Waals surface area contributed by atoms with E-state index in [1.165, 1.54) is 0 Å². The van der Waals surface area contributed by atoms with E-state index in [2.05, 4.69) is 20.6 Å². The number of carbonyl (C=O) groups is 1. The van der Waals surface area contributed by atoms with Gasteiger partial charge >= 0.3 is 0 Å². The molecular formula is C17H29N3O2S. The summed E-state index contributed by atoms with van der Waals surface area (Å²) in [4.78, 5) is 19.2. The van der Waals surface area contributed by atoms with Crippen LogP contribution in [0.4, 0.5) is 0 Å². The topological polar surface area (TPSA) is 65.5 Å². The van der Waals surface area contributed by atoms with Crippen LogP contribution in [-0.4, -0.2) is 45.6 Å². The molecule has 0 bridgehead atoms. The van der Waals surface area contributed by atoms with E-state index in [0.29, 0.717) is 6.42 Å². The highest BCUT2D eigenvalue weighted by Crippen LogP contribution is 2.20. The van der Waals surface area contributed by atoms with E-state index in [4.69, 9.17) is 0 Å². The lowest BCUT2D eigenvalue weighted by Crippen LogP contribution is -2.44. The van der Waals surface area contributed by atoms with Gasteiger partial charge in [-0.05, 0) is 60.0 Å². The number of likely N-dealkylation sites (tertiary alicyclic amines) is 1. The molecule has 2 heterocycles. The zero-order chi connectivity index (χ0) is 17.0. The fourth-order valence-corrected chi connectivity index (χ4v) is 3.83. The predicted molar refractivity (Wildman–Crippen MR) is 93.4 cm³/mol. The average molecular weight is 340 g/mol. The molecule has 5 nitrogen and oxygen atoms in total. The van der Waals surface area contributed by atoms with Gasteiger partial charge < -0.3 is 10.4 Å². The lowest BCUT2D eigenvalue weighted by molar-refractivity contribution is -0.127. The first kappa shape index (κ1) is 18.4. The molecule has 1 aromatic heterocycles. The Morgan fingerprint density at radius 3 is 2.70 bits per heavy atom. The number of hydrogen-bond donors (Lipinski definition) is 2. The smallest absolute Gasteiger partial charge is 0.223 e. The van der Waals surface area contributed by atoms with Crippen molar-refractivity contribution >= 4 is 17.2 Å². The number of hydrogen-bond acceptors (Lipinski definition) is 5. The van der Waals surface area contributed by atoms with Crippen molar-refractivity contribution < 1.29 is 9.90 Å². The summed E-state index contributed by atoms with van der Waals surface area (Å²) in [5.41, 5.74) is 0.385. The minimum atomic E-state index is -0.748. The van der Waals surface area contributed by atoms with E-state index >= 15 is 0 Å². The molecule has 0 aromatic carbocycles. The van der Waals surface area contributed by atoms with Crippen LogP contribution in [0.5, 0.6) is 0 Å². The van der Waals surface area contributed by atoms with Gasteiger partial charge in [-0.3, -0.25) is 9.69 Å². The number of aryl methyl sites for hydroxylation is 1. The molecule has 1 aliphatic heterocycles. The number of aliphatic hydroxyl groups is 1. The second kappa shape index (κ2) is 7.73. The first-order valence-electron chi connectivity index (χ1n) is 8.39. The number of thiazole rings is 1. The summed E-state index contributed by atoms with van der Waals surface area (Å²) in [5.74, 6) is 0.221. The van der Waals surface area contributed by atoms with E-state index in [-0.39, 0.29) is 17.9 Å². The van der Waals surface area contributed by atoms with E-state index in [9.17, 15) is 9.90 Å². The third-order valence-corrected chi connectivity index (χ3v) is 5.03. The summed E-state index contributed by atoms with van der Waals surface area (Å²) in [5, 5.41) is 16.1. The Morgan fingerprint density at radius 2 is 2.17 bits per heavy atom. The minimum absolute atomic E-state index is 0.00138. The number of aromatic nitrogens is 1. The quantitative estimate of drug-likeness (QED) is 0.835. The second-order valence-corrected chi connectivity index (χ2v) is 8.40. The molecule has 1 saturated heterocycles. The molecule has 1 fully saturated rings. The monoisotopic (exact) mass is 339 g/mol. The maximum Gasteiger partial charge on any atom is 0.223 e. The Kier molecular flexibility index (Phi) is 6.17. The first-order valence-corrected chi connectivity index (χ1v) is 9.27. The highest BCUT2D eigenvalue weighted by Gasteiger charge is 2.27. The first-order chi connectivity index (χ1) is 10.7. The van der Waals surface area contributed by atoms with Crippen molar-refractivity contribution in [1.82, 2.24) is 15.2 Å². The number of nitrogens with one attached hydrogen (secondary N) is 1. The van der Waals surface area contributed by atoms with Crippen molar-refractivity contribution in [2.45, 2.75) is 65.1 Å². The van der Waals surface area contributed by atoms with Crippen LogP contribution in [0.3, 0.4) is 0 Å². The van der Waals surface area contributed by atoms with Gasteiger partial charge in [0.15, 0.2) is 0 Å². The second-order valence-electron chi connectivity index (χ2n) is 7.33. The molecule has 0 spiro atoms. The number of carbonyl (C=O) groups excluding carboxylic acids is 1. The van der Waals surface area contributed by atoms with Crippen molar-refractivity contribution in [2.75, 3.05) is 13.1 Å². The van der Waals surface area contributed by atoms with Gasteiger partial charge in [-0.25, -0.2) is 4.98 Å². The van der Waals surface area contributed by atoms with Crippen LogP contribution in [0.15, 0.2) is 5.38 Å². The molecule has 1 aromatic rings. The van der Waals surface area contributed by atoms with Gasteiger partial charge in [0.1, 0.15) is 0 Å². The lowest BCUT2D eigenvalue weighted by atomic mass is 9.94. The van der Waals surface area contributed by atoms with Crippen LogP contribution in [-0.2, 0) is 11.3 Å². The number of amides is 1. The molecule has 6 heteroatoms.